The Morgan fingerprint density at radius 1 is 1.23 bits per heavy atom. The number of piperidine rings is 1. The van der Waals surface area contributed by atoms with Crippen LogP contribution in [0.15, 0.2) is 23.3 Å². The Morgan fingerprint density at radius 2 is 2.05 bits per heavy atom. The summed E-state index contributed by atoms with van der Waals surface area (Å²) in [6.45, 7) is 3.53. The molecule has 3 rings (SSSR count). The summed E-state index contributed by atoms with van der Waals surface area (Å²) in [6.07, 6.45) is 6.02. The van der Waals surface area contributed by atoms with Crippen LogP contribution < -0.4 is 19.8 Å². The summed E-state index contributed by atoms with van der Waals surface area (Å²) in [5.41, 5.74) is 3.45. The number of nitrogens with zero attached hydrogens (tertiary/aromatic N) is 1. The molecular weight excluding hydrogens is 282 g/mol. The highest BCUT2D eigenvalue weighted by Gasteiger charge is 2.15. The van der Waals surface area contributed by atoms with Crippen molar-refractivity contribution in [1.29, 1.82) is 0 Å². The van der Waals surface area contributed by atoms with Crippen molar-refractivity contribution in [3.05, 3.63) is 23.8 Å². The SMILES string of the molecule is O=C(CC[NH+]1CCCCC1)N/N=C\c1ccc2c(c1)OCO2. The molecule has 1 aromatic rings. The summed E-state index contributed by atoms with van der Waals surface area (Å²) >= 11 is 0. The normalized spacial score (nSPS) is 17.8. The molecule has 0 aliphatic carbocycles. The van der Waals surface area contributed by atoms with Crippen molar-refractivity contribution >= 4 is 12.1 Å². The molecule has 118 valence electrons. The fraction of sp³-hybridized carbons (Fsp3) is 0.500. The minimum atomic E-state index is -0.0323. The molecule has 6 heteroatoms. The van der Waals surface area contributed by atoms with Gasteiger partial charge in [-0.05, 0) is 43.0 Å². The van der Waals surface area contributed by atoms with Gasteiger partial charge in [0.05, 0.1) is 32.3 Å². The van der Waals surface area contributed by atoms with Gasteiger partial charge in [0.2, 0.25) is 12.7 Å². The number of hydrogen-bond donors (Lipinski definition) is 2. The molecular formula is C16H22N3O3+. The second kappa shape index (κ2) is 7.26. The van der Waals surface area contributed by atoms with E-state index in [1.54, 1.807) is 6.21 Å². The van der Waals surface area contributed by atoms with E-state index in [1.807, 2.05) is 18.2 Å². The van der Waals surface area contributed by atoms with E-state index in [1.165, 1.54) is 37.3 Å². The van der Waals surface area contributed by atoms with Gasteiger partial charge in [-0.25, -0.2) is 5.43 Å². The van der Waals surface area contributed by atoms with E-state index < -0.39 is 0 Å². The summed E-state index contributed by atoms with van der Waals surface area (Å²) < 4.78 is 10.5. The Balaban J connectivity index is 1.42. The molecule has 0 unspecified atom stereocenters. The lowest BCUT2D eigenvalue weighted by molar-refractivity contribution is -0.904. The van der Waals surface area contributed by atoms with Gasteiger partial charge in [0.15, 0.2) is 11.5 Å². The standard InChI is InChI=1S/C16H21N3O3/c20-16(6-9-19-7-2-1-3-8-19)18-17-11-13-4-5-14-15(10-13)22-12-21-14/h4-5,10-11H,1-3,6-9,12H2,(H,18,20)/p+1/b17-11-. The third kappa shape index (κ3) is 3.98. The molecule has 1 fully saturated rings. The van der Waals surface area contributed by atoms with E-state index in [0.717, 1.165) is 17.9 Å². The first-order chi connectivity index (χ1) is 10.8. The highest BCUT2D eigenvalue weighted by molar-refractivity contribution is 5.83. The number of ether oxygens (including phenoxy) is 2. The van der Waals surface area contributed by atoms with Gasteiger partial charge in [-0.1, -0.05) is 0 Å². The van der Waals surface area contributed by atoms with E-state index >= 15 is 0 Å². The van der Waals surface area contributed by atoms with Crippen molar-refractivity contribution in [2.24, 2.45) is 5.10 Å². The van der Waals surface area contributed by atoms with Gasteiger partial charge in [-0.15, -0.1) is 0 Å². The zero-order valence-electron chi connectivity index (χ0n) is 12.6. The van der Waals surface area contributed by atoms with Crippen LogP contribution in [-0.4, -0.2) is 38.5 Å². The van der Waals surface area contributed by atoms with Crippen LogP contribution in [0.4, 0.5) is 0 Å². The molecule has 0 bridgehead atoms. The van der Waals surface area contributed by atoms with E-state index in [4.69, 9.17) is 9.47 Å². The van der Waals surface area contributed by atoms with Crippen molar-refractivity contribution in [2.75, 3.05) is 26.4 Å². The van der Waals surface area contributed by atoms with E-state index in [2.05, 4.69) is 10.5 Å². The molecule has 2 heterocycles. The van der Waals surface area contributed by atoms with E-state index in [0.29, 0.717) is 12.2 Å². The fourth-order valence-corrected chi connectivity index (χ4v) is 2.82. The number of hydrazone groups is 1. The van der Waals surface area contributed by atoms with E-state index in [-0.39, 0.29) is 12.7 Å². The molecule has 0 radical (unpaired) electrons. The number of fused-ring (bicyclic) bond motifs is 1. The summed E-state index contributed by atoms with van der Waals surface area (Å²) in [5.74, 6) is 1.42. The van der Waals surface area contributed by atoms with Crippen molar-refractivity contribution in [2.45, 2.75) is 25.7 Å². The molecule has 1 aromatic carbocycles. The highest BCUT2D eigenvalue weighted by atomic mass is 16.7. The average Bonchev–Trinajstić information content (AvgIpc) is 3.02. The van der Waals surface area contributed by atoms with Crippen LogP contribution >= 0.6 is 0 Å². The van der Waals surface area contributed by atoms with Crippen molar-refractivity contribution < 1.29 is 19.2 Å². The molecule has 0 saturated carbocycles. The first-order valence-corrected chi connectivity index (χ1v) is 7.86. The monoisotopic (exact) mass is 304 g/mol. The van der Waals surface area contributed by atoms with Gasteiger partial charge in [0.25, 0.3) is 0 Å². The molecule has 2 aliphatic rings. The molecule has 1 saturated heterocycles. The second-order valence-electron chi connectivity index (χ2n) is 5.72. The average molecular weight is 304 g/mol. The van der Waals surface area contributed by atoms with Gasteiger partial charge in [-0.3, -0.25) is 4.79 Å². The van der Waals surface area contributed by atoms with Crippen LogP contribution in [0.25, 0.3) is 0 Å². The van der Waals surface area contributed by atoms with Crippen LogP contribution in [0, 0.1) is 0 Å². The third-order valence-electron chi connectivity index (χ3n) is 4.07. The first kappa shape index (κ1) is 14.8. The van der Waals surface area contributed by atoms with Crippen LogP contribution in [-0.2, 0) is 4.79 Å². The lowest BCUT2D eigenvalue weighted by Gasteiger charge is -2.22. The first-order valence-electron chi connectivity index (χ1n) is 7.86. The number of amides is 1. The number of carbonyl (C=O) groups is 1. The van der Waals surface area contributed by atoms with Crippen LogP contribution in [0.2, 0.25) is 0 Å². The smallest absolute Gasteiger partial charge is 0.245 e. The largest absolute Gasteiger partial charge is 0.454 e. The minimum absolute atomic E-state index is 0.0323. The molecule has 6 nitrogen and oxygen atoms in total. The summed E-state index contributed by atoms with van der Waals surface area (Å²) in [7, 11) is 0. The Morgan fingerprint density at radius 3 is 2.91 bits per heavy atom. The fourth-order valence-electron chi connectivity index (χ4n) is 2.82. The predicted octanol–water partition coefficient (Wildman–Crippen LogP) is 0.324. The maximum absolute atomic E-state index is 11.8. The lowest BCUT2D eigenvalue weighted by atomic mass is 10.1. The van der Waals surface area contributed by atoms with Crippen molar-refractivity contribution in [3.8, 4) is 11.5 Å². The van der Waals surface area contributed by atoms with Gasteiger partial charge in [0, 0.05) is 0 Å². The van der Waals surface area contributed by atoms with Gasteiger partial charge in [0.1, 0.15) is 0 Å². The number of nitrogens with one attached hydrogen (secondary N) is 2. The van der Waals surface area contributed by atoms with Gasteiger partial charge >= 0.3 is 0 Å². The molecule has 2 aliphatic heterocycles. The second-order valence-corrected chi connectivity index (χ2v) is 5.72. The number of benzene rings is 1. The minimum Gasteiger partial charge on any atom is -0.454 e. The number of rotatable bonds is 5. The molecule has 0 atom stereocenters. The molecule has 0 spiro atoms. The Bertz CT molecular complexity index is 554. The maximum atomic E-state index is 11.8. The Kier molecular flexibility index (Phi) is 4.90. The molecule has 0 aromatic heterocycles. The third-order valence-corrected chi connectivity index (χ3v) is 4.07. The number of hydrogen-bond acceptors (Lipinski definition) is 4. The summed E-state index contributed by atoms with van der Waals surface area (Å²) in [5, 5.41) is 4.00. The predicted molar refractivity (Wildman–Crippen MR) is 82.3 cm³/mol. The maximum Gasteiger partial charge on any atom is 0.245 e. The molecule has 22 heavy (non-hydrogen) atoms. The molecule has 1 amide bonds. The topological polar surface area (TPSA) is 64.4 Å². The van der Waals surface area contributed by atoms with Crippen molar-refractivity contribution in [1.82, 2.24) is 5.43 Å². The number of likely N-dealkylation sites (tertiary alicyclic amines) is 1. The zero-order valence-corrected chi connectivity index (χ0v) is 12.6. The van der Waals surface area contributed by atoms with Crippen molar-refractivity contribution in [3.63, 3.8) is 0 Å². The van der Waals surface area contributed by atoms with Gasteiger partial charge in [-0.2, -0.15) is 5.10 Å². The van der Waals surface area contributed by atoms with Crippen LogP contribution in [0.1, 0.15) is 31.2 Å². The molecule has 2 N–H and O–H groups in total. The highest BCUT2D eigenvalue weighted by Crippen LogP contribution is 2.31. The van der Waals surface area contributed by atoms with E-state index in [9.17, 15) is 4.79 Å². The summed E-state index contributed by atoms with van der Waals surface area (Å²) in [6, 6.07) is 5.56. The quantitative estimate of drug-likeness (QED) is 0.608. The summed E-state index contributed by atoms with van der Waals surface area (Å²) in [4.78, 5) is 13.3. The van der Waals surface area contributed by atoms with Crippen LogP contribution in [0.3, 0.4) is 0 Å². The lowest BCUT2D eigenvalue weighted by Crippen LogP contribution is -3.12. The van der Waals surface area contributed by atoms with Crippen LogP contribution in [0.5, 0.6) is 11.5 Å². The zero-order chi connectivity index (χ0) is 15.2. The van der Waals surface area contributed by atoms with Gasteiger partial charge < -0.3 is 14.4 Å². The number of carbonyl (C=O) groups excluding carboxylic acids is 1. The Labute approximate surface area is 130 Å². The number of quaternary nitrogens is 1. The Hall–Kier alpha value is -2.08.